The first-order valence-electron chi connectivity index (χ1n) is 5.51. The van der Waals surface area contributed by atoms with Crippen molar-refractivity contribution in [2.24, 2.45) is 5.73 Å². The SMILES string of the molecule is NC(=O)c1n[nH]nc1-c1ccc(OCC(F)(F)F)cc1O. The van der Waals surface area contributed by atoms with Crippen LogP contribution in [0.1, 0.15) is 10.5 Å². The van der Waals surface area contributed by atoms with Gasteiger partial charge in [0.25, 0.3) is 5.91 Å². The quantitative estimate of drug-likeness (QED) is 0.785. The molecule has 4 N–H and O–H groups in total. The Bertz CT molecular complexity index is 669. The van der Waals surface area contributed by atoms with Crippen molar-refractivity contribution in [2.75, 3.05) is 6.61 Å². The Balaban J connectivity index is 2.27. The second kappa shape index (κ2) is 5.31. The van der Waals surface area contributed by atoms with Crippen molar-refractivity contribution in [1.29, 1.82) is 0 Å². The number of amides is 1. The number of carbonyl (C=O) groups excluding carboxylic acids is 1. The Morgan fingerprint density at radius 2 is 2.10 bits per heavy atom. The molecule has 0 saturated heterocycles. The van der Waals surface area contributed by atoms with Crippen LogP contribution in [0.5, 0.6) is 11.5 Å². The molecule has 0 aliphatic rings. The van der Waals surface area contributed by atoms with Crippen LogP contribution in [0.15, 0.2) is 18.2 Å². The number of aromatic nitrogens is 3. The Kier molecular flexibility index (Phi) is 3.70. The average molecular weight is 302 g/mol. The third-order valence-corrected chi connectivity index (χ3v) is 2.41. The van der Waals surface area contributed by atoms with Crippen molar-refractivity contribution in [2.45, 2.75) is 6.18 Å². The lowest BCUT2D eigenvalue weighted by Gasteiger charge is -2.10. The monoisotopic (exact) mass is 302 g/mol. The highest BCUT2D eigenvalue weighted by Gasteiger charge is 2.28. The van der Waals surface area contributed by atoms with Gasteiger partial charge in [-0.1, -0.05) is 0 Å². The van der Waals surface area contributed by atoms with E-state index in [1.165, 1.54) is 12.1 Å². The molecule has 2 aromatic rings. The molecule has 10 heteroatoms. The molecular formula is C11H9F3N4O3. The first-order valence-corrected chi connectivity index (χ1v) is 5.51. The second-order valence-electron chi connectivity index (χ2n) is 3.97. The minimum Gasteiger partial charge on any atom is -0.507 e. The summed E-state index contributed by atoms with van der Waals surface area (Å²) < 4.78 is 40.6. The van der Waals surface area contributed by atoms with Gasteiger partial charge in [0.2, 0.25) is 0 Å². The van der Waals surface area contributed by atoms with E-state index >= 15 is 0 Å². The van der Waals surface area contributed by atoms with Crippen LogP contribution in [-0.2, 0) is 0 Å². The van der Waals surface area contributed by atoms with Gasteiger partial charge >= 0.3 is 6.18 Å². The van der Waals surface area contributed by atoms with Crippen LogP contribution >= 0.6 is 0 Å². The number of phenolic OH excluding ortho intramolecular Hbond substituents is 1. The number of primary amides is 1. The summed E-state index contributed by atoms with van der Waals surface area (Å²) >= 11 is 0. The normalized spacial score (nSPS) is 11.4. The van der Waals surface area contributed by atoms with Crippen LogP contribution in [0.4, 0.5) is 13.2 Å². The molecule has 0 fully saturated rings. The molecule has 0 radical (unpaired) electrons. The molecule has 7 nitrogen and oxygen atoms in total. The molecule has 0 atom stereocenters. The van der Waals surface area contributed by atoms with Crippen LogP contribution < -0.4 is 10.5 Å². The fraction of sp³-hybridized carbons (Fsp3) is 0.182. The topological polar surface area (TPSA) is 114 Å². The van der Waals surface area contributed by atoms with E-state index in [4.69, 9.17) is 5.73 Å². The maximum atomic E-state index is 12.0. The van der Waals surface area contributed by atoms with Crippen LogP contribution in [0.2, 0.25) is 0 Å². The van der Waals surface area contributed by atoms with Crippen molar-refractivity contribution in [1.82, 2.24) is 15.4 Å². The smallest absolute Gasteiger partial charge is 0.422 e. The number of hydrogen-bond acceptors (Lipinski definition) is 5. The minimum absolute atomic E-state index is 0.0117. The molecule has 21 heavy (non-hydrogen) atoms. The number of rotatable bonds is 4. The van der Waals surface area contributed by atoms with Gasteiger partial charge in [-0.3, -0.25) is 4.79 Å². The Hall–Kier alpha value is -2.78. The molecule has 1 aromatic heterocycles. The fourth-order valence-electron chi connectivity index (χ4n) is 1.56. The van der Waals surface area contributed by atoms with Crippen LogP contribution in [-0.4, -0.2) is 39.2 Å². The standard InChI is InChI=1S/C11H9F3N4O3/c12-11(13,14)4-21-5-1-2-6(7(19)3-5)8-9(10(15)20)17-18-16-8/h1-3,19H,4H2,(H2,15,20)(H,16,17,18). The van der Waals surface area contributed by atoms with Gasteiger partial charge in [0.1, 0.15) is 17.2 Å². The van der Waals surface area contributed by atoms with E-state index in [0.717, 1.165) is 6.07 Å². The number of nitrogens with zero attached hydrogens (tertiary/aromatic N) is 2. The van der Waals surface area contributed by atoms with E-state index in [-0.39, 0.29) is 22.7 Å². The van der Waals surface area contributed by atoms with E-state index < -0.39 is 24.4 Å². The number of aromatic hydroxyl groups is 1. The Labute approximate surface area is 115 Å². The summed E-state index contributed by atoms with van der Waals surface area (Å²) in [7, 11) is 0. The molecule has 1 heterocycles. The Morgan fingerprint density at radius 1 is 1.38 bits per heavy atom. The zero-order chi connectivity index (χ0) is 15.6. The fourth-order valence-corrected chi connectivity index (χ4v) is 1.56. The van der Waals surface area contributed by atoms with Crippen molar-refractivity contribution >= 4 is 5.91 Å². The highest BCUT2D eigenvalue weighted by molar-refractivity contribution is 5.97. The average Bonchev–Trinajstić information content (AvgIpc) is 2.84. The number of nitrogens with one attached hydrogen (secondary N) is 1. The first kappa shape index (κ1) is 14.6. The minimum atomic E-state index is -4.49. The van der Waals surface area contributed by atoms with Crippen LogP contribution in [0, 0.1) is 0 Å². The number of aromatic amines is 1. The Morgan fingerprint density at radius 3 is 2.67 bits per heavy atom. The number of hydrogen-bond donors (Lipinski definition) is 3. The van der Waals surface area contributed by atoms with Crippen molar-refractivity contribution in [3.05, 3.63) is 23.9 Å². The number of alkyl halides is 3. The van der Waals surface area contributed by atoms with Crippen LogP contribution in [0.3, 0.4) is 0 Å². The van der Waals surface area contributed by atoms with Gasteiger partial charge in [0.15, 0.2) is 12.3 Å². The lowest BCUT2D eigenvalue weighted by molar-refractivity contribution is -0.153. The number of H-pyrrole nitrogens is 1. The van der Waals surface area contributed by atoms with Gasteiger partial charge in [-0.2, -0.15) is 28.6 Å². The van der Waals surface area contributed by atoms with Crippen LogP contribution in [0.25, 0.3) is 11.3 Å². The summed E-state index contributed by atoms with van der Waals surface area (Å²) in [6, 6.07) is 3.41. The molecule has 0 aliphatic carbocycles. The van der Waals surface area contributed by atoms with E-state index in [0.29, 0.717) is 0 Å². The van der Waals surface area contributed by atoms with E-state index in [1.807, 2.05) is 0 Å². The molecule has 2 rings (SSSR count). The van der Waals surface area contributed by atoms with Crippen molar-refractivity contribution in [3.63, 3.8) is 0 Å². The summed E-state index contributed by atoms with van der Waals surface area (Å²) in [5.41, 5.74) is 4.95. The maximum absolute atomic E-state index is 12.0. The molecule has 0 saturated carbocycles. The van der Waals surface area contributed by atoms with E-state index in [9.17, 15) is 23.1 Å². The number of benzene rings is 1. The molecule has 1 amide bonds. The predicted molar refractivity (Wildman–Crippen MR) is 63.6 cm³/mol. The van der Waals surface area contributed by atoms with Gasteiger partial charge in [-0.05, 0) is 12.1 Å². The zero-order valence-electron chi connectivity index (χ0n) is 10.3. The lowest BCUT2D eigenvalue weighted by atomic mass is 10.1. The second-order valence-corrected chi connectivity index (χ2v) is 3.97. The predicted octanol–water partition coefficient (Wildman–Crippen LogP) is 1.22. The summed E-state index contributed by atoms with van der Waals surface area (Å²) in [6.45, 7) is -1.48. The summed E-state index contributed by atoms with van der Waals surface area (Å²) in [5, 5.41) is 19.2. The summed E-state index contributed by atoms with van der Waals surface area (Å²) in [6.07, 6.45) is -4.49. The third-order valence-electron chi connectivity index (χ3n) is 2.41. The lowest BCUT2D eigenvalue weighted by Crippen LogP contribution is -2.19. The number of ether oxygens (including phenoxy) is 1. The third kappa shape index (κ3) is 3.41. The maximum Gasteiger partial charge on any atom is 0.422 e. The largest absolute Gasteiger partial charge is 0.507 e. The van der Waals surface area contributed by atoms with Gasteiger partial charge in [0.05, 0.1) is 0 Å². The van der Waals surface area contributed by atoms with E-state index in [1.54, 1.807) is 0 Å². The van der Waals surface area contributed by atoms with E-state index in [2.05, 4.69) is 20.1 Å². The number of phenols is 1. The molecule has 0 aliphatic heterocycles. The molecule has 1 aromatic carbocycles. The molecule has 0 bridgehead atoms. The first-order chi connectivity index (χ1) is 9.78. The van der Waals surface area contributed by atoms with Gasteiger partial charge in [-0.15, -0.1) is 0 Å². The van der Waals surface area contributed by atoms with Gasteiger partial charge < -0.3 is 15.6 Å². The summed E-state index contributed by atoms with van der Waals surface area (Å²) in [5.74, 6) is -1.47. The summed E-state index contributed by atoms with van der Waals surface area (Å²) in [4.78, 5) is 11.1. The molecule has 112 valence electrons. The van der Waals surface area contributed by atoms with Crippen molar-refractivity contribution < 1.29 is 27.8 Å². The number of nitrogens with two attached hydrogens (primary N) is 1. The highest BCUT2D eigenvalue weighted by atomic mass is 19.4. The highest BCUT2D eigenvalue weighted by Crippen LogP contribution is 2.32. The van der Waals surface area contributed by atoms with Gasteiger partial charge in [-0.25, -0.2) is 0 Å². The zero-order valence-corrected chi connectivity index (χ0v) is 10.3. The number of carbonyl (C=O) groups is 1. The number of halogens is 3. The van der Waals surface area contributed by atoms with Crippen molar-refractivity contribution in [3.8, 4) is 22.8 Å². The molecule has 0 unspecified atom stereocenters. The molecular weight excluding hydrogens is 293 g/mol. The molecule has 0 spiro atoms. The van der Waals surface area contributed by atoms with Gasteiger partial charge in [0, 0.05) is 11.6 Å².